The Kier molecular flexibility index (Phi) is 5.15. The molecule has 4 aliphatic rings. The summed E-state index contributed by atoms with van der Waals surface area (Å²) in [4.78, 5) is 11.0. The zero-order valence-electron chi connectivity index (χ0n) is 17.6. The summed E-state index contributed by atoms with van der Waals surface area (Å²) in [5, 5.41) is 19.5. The Morgan fingerprint density at radius 3 is 2.44 bits per heavy atom. The molecule has 154 valence electrons. The fourth-order valence-corrected chi connectivity index (χ4v) is 8.86. The van der Waals surface area contributed by atoms with Crippen LogP contribution in [0.5, 0.6) is 0 Å². The van der Waals surface area contributed by atoms with E-state index in [1.54, 1.807) is 0 Å². The van der Waals surface area contributed by atoms with Crippen molar-refractivity contribution in [2.45, 2.75) is 97.5 Å². The van der Waals surface area contributed by atoms with Gasteiger partial charge in [-0.2, -0.15) is 0 Å². The van der Waals surface area contributed by atoms with E-state index < -0.39 is 5.97 Å². The molecule has 0 bridgehead atoms. The van der Waals surface area contributed by atoms with E-state index in [1.807, 2.05) is 0 Å². The lowest BCUT2D eigenvalue weighted by Gasteiger charge is -2.61. The molecule has 2 N–H and O–H groups in total. The topological polar surface area (TPSA) is 57.5 Å². The molecule has 2 unspecified atom stereocenters. The Labute approximate surface area is 165 Å². The highest BCUT2D eigenvalue weighted by Crippen LogP contribution is 2.68. The van der Waals surface area contributed by atoms with Crippen LogP contribution in [0.1, 0.15) is 91.4 Å². The number of rotatable bonds is 4. The maximum absolute atomic E-state index is 11.0. The van der Waals surface area contributed by atoms with E-state index in [-0.39, 0.29) is 6.10 Å². The van der Waals surface area contributed by atoms with Crippen molar-refractivity contribution in [2.75, 3.05) is 0 Å². The van der Waals surface area contributed by atoms with Crippen LogP contribution >= 0.6 is 0 Å². The quantitative estimate of drug-likeness (QED) is 0.680. The Morgan fingerprint density at radius 1 is 1.00 bits per heavy atom. The SMILES string of the molecule is C[C@H](CCC(=O)O)[C@H]1CC[C@H]2[C@@H]3CCC4CCC(O)C[C@]4(C)[C@H]3CC[C@]12C. The largest absolute Gasteiger partial charge is 0.481 e. The van der Waals surface area contributed by atoms with Crippen LogP contribution in [0.3, 0.4) is 0 Å². The van der Waals surface area contributed by atoms with Crippen molar-refractivity contribution < 1.29 is 15.0 Å². The molecule has 0 saturated heterocycles. The standard InChI is InChI=1S/C24H40O3/c1-15(4-11-22(26)27)19-9-10-20-18-8-6-16-5-7-17(25)14-24(16,3)21(18)12-13-23(19,20)2/h15-21,25H,4-14H2,1-3H3,(H,26,27)/t15-,16?,17?,18+,19-,20+,21+,23-,24+/m1/s1. The van der Waals surface area contributed by atoms with Crippen LogP contribution in [-0.4, -0.2) is 22.3 Å². The second kappa shape index (κ2) is 7.04. The van der Waals surface area contributed by atoms with Gasteiger partial charge in [0.2, 0.25) is 0 Å². The van der Waals surface area contributed by atoms with Gasteiger partial charge in [0.1, 0.15) is 0 Å². The van der Waals surface area contributed by atoms with Gasteiger partial charge in [0.05, 0.1) is 6.10 Å². The lowest BCUT2D eigenvalue weighted by Crippen LogP contribution is -2.54. The van der Waals surface area contributed by atoms with Crippen LogP contribution in [0.4, 0.5) is 0 Å². The molecule has 4 saturated carbocycles. The number of aliphatic hydroxyl groups excluding tert-OH is 1. The summed E-state index contributed by atoms with van der Waals surface area (Å²) < 4.78 is 0. The monoisotopic (exact) mass is 376 g/mol. The molecule has 27 heavy (non-hydrogen) atoms. The molecule has 3 heteroatoms. The third kappa shape index (κ3) is 3.16. The summed E-state index contributed by atoms with van der Waals surface area (Å²) >= 11 is 0. The average Bonchev–Trinajstić information content (AvgIpc) is 2.96. The van der Waals surface area contributed by atoms with Gasteiger partial charge in [0.25, 0.3) is 0 Å². The normalized spacial score (nSPS) is 50.4. The van der Waals surface area contributed by atoms with E-state index >= 15 is 0 Å². The van der Waals surface area contributed by atoms with E-state index in [4.69, 9.17) is 5.11 Å². The van der Waals surface area contributed by atoms with Crippen LogP contribution in [0, 0.1) is 46.3 Å². The minimum atomic E-state index is -0.646. The molecule has 0 aliphatic heterocycles. The molecule has 4 rings (SSSR count). The maximum atomic E-state index is 11.0. The lowest BCUT2D eigenvalue weighted by molar-refractivity contribution is -0.138. The lowest BCUT2D eigenvalue weighted by atomic mass is 9.44. The van der Waals surface area contributed by atoms with Gasteiger partial charge in [0.15, 0.2) is 0 Å². The van der Waals surface area contributed by atoms with Crippen molar-refractivity contribution in [2.24, 2.45) is 46.3 Å². The summed E-state index contributed by atoms with van der Waals surface area (Å²) in [6, 6.07) is 0. The van der Waals surface area contributed by atoms with Crippen molar-refractivity contribution in [3.05, 3.63) is 0 Å². The first-order valence-corrected chi connectivity index (χ1v) is 11.7. The third-order valence-electron chi connectivity index (χ3n) is 10.2. The second-order valence-electron chi connectivity index (χ2n) is 11.2. The highest BCUT2D eigenvalue weighted by atomic mass is 16.4. The second-order valence-corrected chi connectivity index (χ2v) is 11.2. The number of carbonyl (C=O) groups is 1. The number of fused-ring (bicyclic) bond motifs is 5. The minimum absolute atomic E-state index is 0.0781. The van der Waals surface area contributed by atoms with E-state index in [1.165, 1.54) is 44.9 Å². The van der Waals surface area contributed by atoms with E-state index in [9.17, 15) is 9.90 Å². The number of hydrogen-bond donors (Lipinski definition) is 2. The van der Waals surface area contributed by atoms with E-state index in [0.717, 1.165) is 42.9 Å². The van der Waals surface area contributed by atoms with E-state index in [0.29, 0.717) is 29.1 Å². The summed E-state index contributed by atoms with van der Waals surface area (Å²) in [7, 11) is 0. The molecular weight excluding hydrogens is 336 g/mol. The number of aliphatic hydroxyl groups is 1. The molecule has 0 aromatic heterocycles. The molecule has 0 radical (unpaired) electrons. The van der Waals surface area contributed by atoms with Crippen LogP contribution in [-0.2, 0) is 4.79 Å². The predicted molar refractivity (Wildman–Crippen MR) is 107 cm³/mol. The van der Waals surface area contributed by atoms with Crippen LogP contribution in [0.15, 0.2) is 0 Å². The van der Waals surface area contributed by atoms with Gasteiger partial charge in [-0.25, -0.2) is 0 Å². The molecule has 0 aromatic rings. The Balaban J connectivity index is 1.52. The first-order valence-electron chi connectivity index (χ1n) is 11.7. The maximum Gasteiger partial charge on any atom is 0.303 e. The van der Waals surface area contributed by atoms with Gasteiger partial charge < -0.3 is 10.2 Å². The van der Waals surface area contributed by atoms with Crippen molar-refractivity contribution in [3.63, 3.8) is 0 Å². The number of aliphatic carboxylic acids is 1. The van der Waals surface area contributed by atoms with Gasteiger partial charge in [-0.3, -0.25) is 4.79 Å². The van der Waals surface area contributed by atoms with Crippen LogP contribution in [0.25, 0.3) is 0 Å². The van der Waals surface area contributed by atoms with Crippen LogP contribution < -0.4 is 0 Å². The molecular formula is C24H40O3. The first kappa shape index (κ1) is 19.7. The minimum Gasteiger partial charge on any atom is -0.481 e. The molecule has 4 aliphatic carbocycles. The number of hydrogen-bond acceptors (Lipinski definition) is 2. The molecule has 0 aromatic carbocycles. The highest BCUT2D eigenvalue weighted by molar-refractivity contribution is 5.66. The van der Waals surface area contributed by atoms with Gasteiger partial charge in [-0.15, -0.1) is 0 Å². The number of carboxylic acid groups (broad SMARTS) is 1. The molecule has 4 fully saturated rings. The Morgan fingerprint density at radius 2 is 1.70 bits per heavy atom. The fourth-order valence-electron chi connectivity index (χ4n) is 8.86. The molecule has 0 amide bonds. The summed E-state index contributed by atoms with van der Waals surface area (Å²) in [5.74, 6) is 3.88. The van der Waals surface area contributed by atoms with E-state index in [2.05, 4.69) is 20.8 Å². The van der Waals surface area contributed by atoms with Gasteiger partial charge in [-0.1, -0.05) is 20.8 Å². The zero-order valence-corrected chi connectivity index (χ0v) is 17.6. The molecule has 3 nitrogen and oxygen atoms in total. The van der Waals surface area contributed by atoms with Crippen molar-refractivity contribution in [1.82, 2.24) is 0 Å². The summed E-state index contributed by atoms with van der Waals surface area (Å²) in [5.41, 5.74) is 0.768. The van der Waals surface area contributed by atoms with Crippen molar-refractivity contribution in [1.29, 1.82) is 0 Å². The zero-order chi connectivity index (χ0) is 19.4. The molecule has 9 atom stereocenters. The Hall–Kier alpha value is -0.570. The van der Waals surface area contributed by atoms with Crippen molar-refractivity contribution >= 4 is 5.97 Å². The van der Waals surface area contributed by atoms with Crippen molar-refractivity contribution in [3.8, 4) is 0 Å². The number of carboxylic acids is 1. The highest BCUT2D eigenvalue weighted by Gasteiger charge is 2.60. The van der Waals surface area contributed by atoms with Gasteiger partial charge >= 0.3 is 5.97 Å². The average molecular weight is 377 g/mol. The van der Waals surface area contributed by atoms with Crippen LogP contribution in [0.2, 0.25) is 0 Å². The first-order chi connectivity index (χ1) is 12.8. The molecule has 0 heterocycles. The summed E-state index contributed by atoms with van der Waals surface area (Å²) in [6.45, 7) is 7.37. The summed E-state index contributed by atoms with van der Waals surface area (Å²) in [6.07, 6.45) is 12.4. The smallest absolute Gasteiger partial charge is 0.303 e. The fraction of sp³-hybridized carbons (Fsp3) is 0.958. The molecule has 0 spiro atoms. The van der Waals surface area contributed by atoms with Gasteiger partial charge in [0, 0.05) is 6.42 Å². The Bertz CT molecular complexity index is 574. The van der Waals surface area contributed by atoms with Gasteiger partial charge in [-0.05, 0) is 111 Å². The third-order valence-corrected chi connectivity index (χ3v) is 10.2. The predicted octanol–water partition coefficient (Wildman–Crippen LogP) is 5.51.